The molecule has 2 saturated heterocycles. The minimum Gasteiger partial charge on any atom is -0.342 e. The smallest absolute Gasteiger partial charge is 0.260 e. The Morgan fingerprint density at radius 2 is 1.00 bits per heavy atom. The third-order valence-corrected chi connectivity index (χ3v) is 13.5. The van der Waals surface area contributed by atoms with Gasteiger partial charge < -0.3 is 36.0 Å². The van der Waals surface area contributed by atoms with E-state index in [2.05, 4.69) is 21.3 Å². The molecule has 0 aromatic heterocycles. The van der Waals surface area contributed by atoms with E-state index in [0.717, 1.165) is 23.1 Å². The van der Waals surface area contributed by atoms with Crippen LogP contribution in [0.1, 0.15) is 108 Å². The van der Waals surface area contributed by atoms with Gasteiger partial charge in [0.2, 0.25) is 35.4 Å². The first kappa shape index (κ1) is 54.0. The zero-order valence-electron chi connectivity index (χ0n) is 42.5. The summed E-state index contributed by atoms with van der Waals surface area (Å²) in [6, 6.07) is 22.2. The van der Waals surface area contributed by atoms with Crippen LogP contribution in [-0.4, -0.2) is 137 Å². The van der Waals surface area contributed by atoms with Crippen molar-refractivity contribution < 1.29 is 33.6 Å². The number of benzene rings is 3. The highest BCUT2D eigenvalue weighted by atomic mass is 16.2. The normalized spacial score (nSPS) is 17.9. The molecule has 0 unspecified atom stereocenters. The van der Waals surface area contributed by atoms with Crippen molar-refractivity contribution in [2.45, 2.75) is 137 Å². The van der Waals surface area contributed by atoms with Crippen LogP contribution in [0.3, 0.4) is 0 Å². The van der Waals surface area contributed by atoms with E-state index in [1.165, 1.54) is 4.90 Å². The quantitative estimate of drug-likeness (QED) is 0.132. The molecule has 0 aliphatic carbocycles. The highest BCUT2D eigenvalue weighted by molar-refractivity contribution is 6.05. The Morgan fingerprint density at radius 3 is 1.42 bits per heavy atom. The van der Waals surface area contributed by atoms with Gasteiger partial charge in [-0.1, -0.05) is 114 Å². The van der Waals surface area contributed by atoms with E-state index in [1.807, 2.05) is 107 Å². The molecular formula is C54H76N8O7. The SMILES string of the molecule is CN[C@@H](C)C(=O)N[C@H](C(=O)N1CCC[C@H]1CN(Cc1ccc(C(=O)N(C[C@@H]2CCCN2C(=O)[C@@H](NC(=O)[C@H](C)NC)C(C)(C)C)C(=O)Cc2ccccc2)cc1)C(=O)Cc1ccccc1)C(C)(C)C. The molecule has 6 atom stereocenters. The van der Waals surface area contributed by atoms with Crippen molar-refractivity contribution in [1.82, 2.24) is 40.9 Å². The molecule has 4 N–H and O–H groups in total. The van der Waals surface area contributed by atoms with Gasteiger partial charge in [0, 0.05) is 50.4 Å². The van der Waals surface area contributed by atoms with E-state index < -0.39 is 52.9 Å². The summed E-state index contributed by atoms with van der Waals surface area (Å²) < 4.78 is 0. The van der Waals surface area contributed by atoms with Crippen molar-refractivity contribution in [2.24, 2.45) is 10.8 Å². The van der Waals surface area contributed by atoms with Crippen LogP contribution < -0.4 is 21.3 Å². The molecule has 2 fully saturated rings. The Kier molecular flexibility index (Phi) is 18.8. The first-order valence-electron chi connectivity index (χ1n) is 24.5. The zero-order chi connectivity index (χ0) is 50.6. The van der Waals surface area contributed by atoms with E-state index in [4.69, 9.17) is 0 Å². The minimum absolute atomic E-state index is 0.0228. The third-order valence-electron chi connectivity index (χ3n) is 13.5. The van der Waals surface area contributed by atoms with Crippen molar-refractivity contribution in [3.63, 3.8) is 0 Å². The predicted molar refractivity (Wildman–Crippen MR) is 267 cm³/mol. The molecule has 15 nitrogen and oxygen atoms in total. The molecule has 3 aromatic rings. The van der Waals surface area contributed by atoms with E-state index in [-0.39, 0.29) is 73.6 Å². The fourth-order valence-corrected chi connectivity index (χ4v) is 8.95. The number of hydrogen-bond acceptors (Lipinski definition) is 9. The summed E-state index contributed by atoms with van der Waals surface area (Å²) in [4.78, 5) is 104. The summed E-state index contributed by atoms with van der Waals surface area (Å²) in [5.74, 6) is -2.05. The first-order valence-corrected chi connectivity index (χ1v) is 24.5. The minimum atomic E-state index is -0.838. The molecule has 0 bridgehead atoms. The van der Waals surface area contributed by atoms with Crippen molar-refractivity contribution >= 4 is 41.4 Å². The molecule has 69 heavy (non-hydrogen) atoms. The van der Waals surface area contributed by atoms with Gasteiger partial charge in [-0.2, -0.15) is 0 Å². The number of nitrogens with zero attached hydrogens (tertiary/aromatic N) is 4. The molecule has 2 heterocycles. The molecule has 3 aromatic carbocycles. The number of likely N-dealkylation sites (N-methyl/N-ethyl adjacent to an activating group) is 2. The summed E-state index contributed by atoms with van der Waals surface area (Å²) >= 11 is 0. The number of rotatable bonds is 19. The van der Waals surface area contributed by atoms with Crippen LogP contribution in [0.25, 0.3) is 0 Å². The average Bonchev–Trinajstić information content (AvgIpc) is 4.00. The lowest BCUT2D eigenvalue weighted by Crippen LogP contribution is -2.59. The molecule has 15 heteroatoms. The van der Waals surface area contributed by atoms with E-state index in [0.29, 0.717) is 32.4 Å². The number of carbonyl (C=O) groups is 7. The van der Waals surface area contributed by atoms with Crippen LogP contribution in [0.15, 0.2) is 84.9 Å². The number of carbonyl (C=O) groups excluding carboxylic acids is 7. The van der Waals surface area contributed by atoms with Gasteiger partial charge in [-0.15, -0.1) is 0 Å². The average molecular weight is 949 g/mol. The number of imide groups is 1. The first-order chi connectivity index (χ1) is 32.6. The topological polar surface area (TPSA) is 181 Å². The van der Waals surface area contributed by atoms with E-state index in [1.54, 1.807) is 62.0 Å². The number of nitrogens with one attached hydrogen (secondary N) is 4. The van der Waals surface area contributed by atoms with Crippen LogP contribution in [0, 0.1) is 10.8 Å². The lowest BCUT2D eigenvalue weighted by atomic mass is 9.85. The summed E-state index contributed by atoms with van der Waals surface area (Å²) in [6.45, 7) is 16.3. The Bertz CT molecular complexity index is 2240. The van der Waals surface area contributed by atoms with Gasteiger partial charge in [-0.05, 0) is 93.3 Å². The van der Waals surface area contributed by atoms with Gasteiger partial charge in [0.1, 0.15) is 12.1 Å². The van der Waals surface area contributed by atoms with E-state index in [9.17, 15) is 33.6 Å². The van der Waals surface area contributed by atoms with Gasteiger partial charge in [0.05, 0.1) is 24.9 Å². The van der Waals surface area contributed by atoms with Gasteiger partial charge >= 0.3 is 0 Å². The molecular weight excluding hydrogens is 873 g/mol. The molecule has 2 aliphatic rings. The predicted octanol–water partition coefficient (Wildman–Crippen LogP) is 4.73. The van der Waals surface area contributed by atoms with Gasteiger partial charge in [-0.25, -0.2) is 0 Å². The Labute approximate surface area is 409 Å². The van der Waals surface area contributed by atoms with Gasteiger partial charge in [0.15, 0.2) is 0 Å². The maximum Gasteiger partial charge on any atom is 0.260 e. The Balaban J connectivity index is 1.40. The maximum atomic E-state index is 14.6. The molecule has 0 spiro atoms. The Hall–Kier alpha value is -5.93. The van der Waals surface area contributed by atoms with Crippen molar-refractivity contribution in [3.8, 4) is 0 Å². The van der Waals surface area contributed by atoms with E-state index >= 15 is 0 Å². The second kappa shape index (κ2) is 24.1. The number of hydrogen-bond donors (Lipinski definition) is 4. The summed E-state index contributed by atoms with van der Waals surface area (Å²) in [5.41, 5.74) is 1.42. The van der Waals surface area contributed by atoms with Crippen LogP contribution in [0.5, 0.6) is 0 Å². The number of likely N-dealkylation sites (tertiary alicyclic amines) is 2. The van der Waals surface area contributed by atoms with Crippen molar-refractivity contribution in [2.75, 3.05) is 40.3 Å². The molecule has 5 rings (SSSR count). The maximum absolute atomic E-state index is 14.6. The zero-order valence-corrected chi connectivity index (χ0v) is 42.5. The molecule has 2 aliphatic heterocycles. The third kappa shape index (κ3) is 14.6. The fraction of sp³-hybridized carbons (Fsp3) is 0.537. The fourth-order valence-electron chi connectivity index (χ4n) is 8.95. The highest BCUT2D eigenvalue weighted by Gasteiger charge is 2.43. The lowest BCUT2D eigenvalue weighted by molar-refractivity contribution is -0.142. The van der Waals surface area contributed by atoms with Crippen molar-refractivity contribution in [3.05, 3.63) is 107 Å². The van der Waals surface area contributed by atoms with Crippen molar-refractivity contribution in [1.29, 1.82) is 0 Å². The van der Waals surface area contributed by atoms with Gasteiger partial charge in [-0.3, -0.25) is 38.5 Å². The summed E-state index contributed by atoms with van der Waals surface area (Å²) in [7, 11) is 3.37. The summed E-state index contributed by atoms with van der Waals surface area (Å²) in [5, 5.41) is 11.8. The van der Waals surface area contributed by atoms with Gasteiger partial charge in [0.25, 0.3) is 5.91 Å². The Morgan fingerprint density at radius 1 is 0.580 bits per heavy atom. The molecule has 0 saturated carbocycles. The highest BCUT2D eigenvalue weighted by Crippen LogP contribution is 2.29. The van der Waals surface area contributed by atoms with Crippen LogP contribution >= 0.6 is 0 Å². The molecule has 374 valence electrons. The van der Waals surface area contributed by atoms with Crippen LogP contribution in [0.4, 0.5) is 0 Å². The van der Waals surface area contributed by atoms with Crippen LogP contribution in [-0.2, 0) is 48.2 Å². The summed E-state index contributed by atoms with van der Waals surface area (Å²) in [6.07, 6.45) is 2.81. The second-order valence-corrected chi connectivity index (χ2v) is 20.9. The lowest BCUT2D eigenvalue weighted by Gasteiger charge is -2.37. The number of amides is 7. The largest absolute Gasteiger partial charge is 0.342 e. The molecule has 7 amide bonds. The second-order valence-electron chi connectivity index (χ2n) is 20.9. The molecule has 0 radical (unpaired) electrons. The standard InChI is InChI=1S/C54H76N8O7/c1-36(55-9)48(65)57-46(53(3,4)5)51(68)60-29-17-23-42(60)34-59(44(63)31-38-19-13-11-14-20-38)33-40-25-27-41(28-26-40)50(67)62(45(64)32-39-21-15-12-16-22-39)35-43-24-18-30-61(43)52(69)47(54(6,7)8)58-49(66)37(2)56-10/h11-16,19-22,25-28,36-37,42-43,46-47,55-56H,17-18,23-24,29-35H2,1-10H3,(H,57,65)(H,58,66)/t36-,37-,42-,43-,46+,47+/m0/s1. The monoisotopic (exact) mass is 949 g/mol. The van der Waals surface area contributed by atoms with Crippen LogP contribution in [0.2, 0.25) is 0 Å².